The summed E-state index contributed by atoms with van der Waals surface area (Å²) in [7, 11) is 0. The van der Waals surface area contributed by atoms with Crippen LogP contribution in [0.3, 0.4) is 0 Å². The molecule has 132 valence electrons. The molecular weight excluding hydrogens is 335 g/mol. The van der Waals surface area contributed by atoms with Crippen molar-refractivity contribution in [1.82, 2.24) is 20.3 Å². The fourth-order valence-corrected chi connectivity index (χ4v) is 3.29. The molecule has 1 aromatic heterocycles. The summed E-state index contributed by atoms with van der Waals surface area (Å²) in [6.45, 7) is 0.506. The minimum absolute atomic E-state index is 0.124. The van der Waals surface area contributed by atoms with E-state index in [0.717, 1.165) is 5.56 Å². The lowest BCUT2D eigenvalue weighted by Crippen LogP contribution is -2.34. The fraction of sp³-hybridized carbons (Fsp3) is 0.211. The topological polar surface area (TPSA) is 82.1 Å². The van der Waals surface area contributed by atoms with E-state index in [1.54, 1.807) is 17.0 Å². The average Bonchev–Trinajstić information content (AvgIpc) is 3.30. The van der Waals surface area contributed by atoms with Crippen LogP contribution in [0.1, 0.15) is 22.5 Å². The van der Waals surface area contributed by atoms with Crippen molar-refractivity contribution < 1.29 is 14.3 Å². The molecule has 26 heavy (non-hydrogen) atoms. The van der Waals surface area contributed by atoms with E-state index >= 15 is 0 Å². The molecule has 1 aliphatic rings. The summed E-state index contributed by atoms with van der Waals surface area (Å²) in [5, 5.41) is 21.5. The largest absolute Gasteiger partial charge is 0.383 e. The molecule has 4 rings (SSSR count). The number of aliphatic hydroxyl groups is 1. The molecule has 0 aliphatic carbocycles. The molecule has 0 saturated carbocycles. The number of rotatable bonds is 3. The Bertz CT molecular complexity index is 926. The second kappa shape index (κ2) is 6.34. The first-order valence-corrected chi connectivity index (χ1v) is 8.31. The standard InChI is InChI=1S/C19H17FN4O2/c20-15-8-6-14(7-9-15)19(26)10-11-24(12-19)18(25)17-16(21-23-22-17)13-4-2-1-3-5-13/h1-9,26H,10-12H2,(H,21,22,23). The molecule has 2 aromatic carbocycles. The Morgan fingerprint density at radius 3 is 2.58 bits per heavy atom. The molecule has 0 radical (unpaired) electrons. The van der Waals surface area contributed by atoms with E-state index in [2.05, 4.69) is 15.4 Å². The van der Waals surface area contributed by atoms with Gasteiger partial charge in [0.15, 0.2) is 5.69 Å². The molecule has 1 fully saturated rings. The van der Waals surface area contributed by atoms with Gasteiger partial charge in [0.25, 0.3) is 5.91 Å². The van der Waals surface area contributed by atoms with Crippen LogP contribution in [0.5, 0.6) is 0 Å². The number of β-amino-alcohol motifs (C(OH)–C–C–N with tert-alkyl or cyclic N) is 1. The monoisotopic (exact) mass is 352 g/mol. The zero-order valence-corrected chi connectivity index (χ0v) is 13.9. The molecule has 3 aromatic rings. The molecule has 0 spiro atoms. The molecule has 2 N–H and O–H groups in total. The summed E-state index contributed by atoms with van der Waals surface area (Å²) in [6, 6.07) is 15.0. The van der Waals surface area contributed by atoms with Gasteiger partial charge in [-0.15, -0.1) is 0 Å². The number of likely N-dealkylation sites (tertiary alicyclic amines) is 1. The molecule has 1 atom stereocenters. The van der Waals surface area contributed by atoms with Crippen LogP contribution in [-0.2, 0) is 5.60 Å². The number of amides is 1. The first-order chi connectivity index (χ1) is 12.6. The first-order valence-electron chi connectivity index (χ1n) is 8.31. The molecular formula is C19H17FN4O2. The van der Waals surface area contributed by atoms with Gasteiger partial charge in [-0.3, -0.25) is 4.79 Å². The van der Waals surface area contributed by atoms with E-state index in [9.17, 15) is 14.3 Å². The highest BCUT2D eigenvalue weighted by molar-refractivity contribution is 5.98. The van der Waals surface area contributed by atoms with Gasteiger partial charge in [-0.25, -0.2) is 4.39 Å². The molecule has 2 heterocycles. The Labute approximate surface area is 149 Å². The Morgan fingerprint density at radius 2 is 1.85 bits per heavy atom. The van der Waals surface area contributed by atoms with Gasteiger partial charge in [-0.05, 0) is 24.1 Å². The maximum absolute atomic E-state index is 13.1. The normalized spacial score (nSPS) is 19.7. The zero-order chi connectivity index (χ0) is 18.1. The third-order valence-corrected chi connectivity index (χ3v) is 4.71. The number of carbonyl (C=O) groups is 1. The van der Waals surface area contributed by atoms with Crippen molar-refractivity contribution in [2.75, 3.05) is 13.1 Å². The number of nitrogens with one attached hydrogen (secondary N) is 1. The average molecular weight is 352 g/mol. The van der Waals surface area contributed by atoms with E-state index in [-0.39, 0.29) is 24.0 Å². The van der Waals surface area contributed by atoms with Crippen LogP contribution in [-0.4, -0.2) is 44.4 Å². The molecule has 0 bridgehead atoms. The predicted molar refractivity (Wildman–Crippen MR) is 92.6 cm³/mol. The number of hydrogen-bond donors (Lipinski definition) is 2. The number of hydrogen-bond acceptors (Lipinski definition) is 4. The van der Waals surface area contributed by atoms with Crippen molar-refractivity contribution in [2.45, 2.75) is 12.0 Å². The highest BCUT2D eigenvalue weighted by Gasteiger charge is 2.40. The van der Waals surface area contributed by atoms with E-state index < -0.39 is 5.60 Å². The maximum atomic E-state index is 13.1. The number of H-pyrrole nitrogens is 1. The molecule has 7 heteroatoms. The third kappa shape index (κ3) is 2.86. The third-order valence-electron chi connectivity index (χ3n) is 4.71. The van der Waals surface area contributed by atoms with Crippen LogP contribution in [0.4, 0.5) is 4.39 Å². The second-order valence-corrected chi connectivity index (χ2v) is 6.40. The van der Waals surface area contributed by atoms with Crippen molar-refractivity contribution in [3.05, 3.63) is 71.7 Å². The predicted octanol–water partition coefficient (Wildman–Crippen LogP) is 2.34. The minimum atomic E-state index is -1.19. The van der Waals surface area contributed by atoms with Crippen LogP contribution in [0.2, 0.25) is 0 Å². The van der Waals surface area contributed by atoms with Gasteiger partial charge in [0.05, 0.1) is 6.54 Å². The number of benzene rings is 2. The van der Waals surface area contributed by atoms with Crippen molar-refractivity contribution in [1.29, 1.82) is 0 Å². The Balaban J connectivity index is 1.58. The van der Waals surface area contributed by atoms with Crippen molar-refractivity contribution in [2.24, 2.45) is 0 Å². The van der Waals surface area contributed by atoms with Crippen molar-refractivity contribution in [3.63, 3.8) is 0 Å². The first kappa shape index (κ1) is 16.4. The Hall–Kier alpha value is -3.06. The Morgan fingerprint density at radius 1 is 1.12 bits per heavy atom. The van der Waals surface area contributed by atoms with Gasteiger partial charge in [-0.2, -0.15) is 15.4 Å². The number of carbonyl (C=O) groups excluding carboxylic acids is 1. The van der Waals surface area contributed by atoms with E-state index in [0.29, 0.717) is 24.2 Å². The molecule has 1 aliphatic heterocycles. The zero-order valence-electron chi connectivity index (χ0n) is 13.9. The van der Waals surface area contributed by atoms with Gasteiger partial charge < -0.3 is 10.0 Å². The maximum Gasteiger partial charge on any atom is 0.276 e. The SMILES string of the molecule is O=C(c1n[nH]nc1-c1ccccc1)N1CCC(O)(c2ccc(F)cc2)C1. The van der Waals surface area contributed by atoms with Gasteiger partial charge >= 0.3 is 0 Å². The van der Waals surface area contributed by atoms with Crippen LogP contribution in [0.15, 0.2) is 54.6 Å². The number of aromatic nitrogens is 3. The van der Waals surface area contributed by atoms with E-state index in [1.165, 1.54) is 12.1 Å². The summed E-state index contributed by atoms with van der Waals surface area (Å²) >= 11 is 0. The van der Waals surface area contributed by atoms with Crippen molar-refractivity contribution in [3.8, 4) is 11.3 Å². The number of nitrogens with zero attached hydrogens (tertiary/aromatic N) is 3. The van der Waals surface area contributed by atoms with Crippen molar-refractivity contribution >= 4 is 5.91 Å². The van der Waals surface area contributed by atoms with Crippen LogP contribution >= 0.6 is 0 Å². The molecule has 6 nitrogen and oxygen atoms in total. The lowest BCUT2D eigenvalue weighted by Gasteiger charge is -2.23. The van der Waals surface area contributed by atoms with Gasteiger partial charge in [0, 0.05) is 12.1 Å². The highest BCUT2D eigenvalue weighted by Crippen LogP contribution is 2.33. The van der Waals surface area contributed by atoms with Gasteiger partial charge in [-0.1, -0.05) is 42.5 Å². The van der Waals surface area contributed by atoms with E-state index in [4.69, 9.17) is 0 Å². The molecule has 1 amide bonds. The Kier molecular flexibility index (Phi) is 4.00. The summed E-state index contributed by atoms with van der Waals surface area (Å²) in [6.07, 6.45) is 0.378. The quantitative estimate of drug-likeness (QED) is 0.758. The van der Waals surface area contributed by atoms with Gasteiger partial charge in [0.2, 0.25) is 0 Å². The van der Waals surface area contributed by atoms with Crippen LogP contribution in [0.25, 0.3) is 11.3 Å². The lowest BCUT2D eigenvalue weighted by atomic mass is 9.93. The summed E-state index contributed by atoms with van der Waals surface area (Å²) in [5.41, 5.74) is 0.891. The summed E-state index contributed by atoms with van der Waals surface area (Å²) in [4.78, 5) is 14.5. The number of halogens is 1. The summed E-state index contributed by atoms with van der Waals surface area (Å²) < 4.78 is 13.1. The van der Waals surface area contributed by atoms with Gasteiger partial charge in [0.1, 0.15) is 17.1 Å². The van der Waals surface area contributed by atoms with E-state index in [1.807, 2.05) is 30.3 Å². The second-order valence-electron chi connectivity index (χ2n) is 6.40. The minimum Gasteiger partial charge on any atom is -0.383 e. The lowest BCUT2D eigenvalue weighted by molar-refractivity contribution is 0.0415. The molecule has 1 unspecified atom stereocenters. The van der Waals surface area contributed by atoms with Crippen LogP contribution in [0, 0.1) is 5.82 Å². The smallest absolute Gasteiger partial charge is 0.276 e. The fourth-order valence-electron chi connectivity index (χ4n) is 3.29. The van der Waals surface area contributed by atoms with Crippen LogP contribution < -0.4 is 0 Å². The number of aromatic amines is 1. The summed E-state index contributed by atoms with van der Waals surface area (Å²) in [5.74, 6) is -0.658. The molecule has 1 saturated heterocycles. The highest BCUT2D eigenvalue weighted by atomic mass is 19.1.